The second-order valence-electron chi connectivity index (χ2n) is 7.57. The zero-order valence-electron chi connectivity index (χ0n) is 18.1. The number of anilines is 1. The van der Waals surface area contributed by atoms with Crippen LogP contribution < -0.4 is 5.32 Å². The number of nitrogens with one attached hydrogen (secondary N) is 1. The number of nitrogens with zero attached hydrogens (tertiary/aromatic N) is 2. The minimum absolute atomic E-state index is 0.187. The number of benzene rings is 2. The van der Waals surface area contributed by atoms with Gasteiger partial charge in [0.1, 0.15) is 0 Å². The first-order chi connectivity index (χ1) is 15.2. The van der Waals surface area contributed by atoms with Crippen LogP contribution in [0.4, 0.5) is 10.5 Å². The first-order valence-electron chi connectivity index (χ1n) is 10.9. The average molecular weight is 422 g/mol. The van der Waals surface area contributed by atoms with Crippen LogP contribution in [0, 0.1) is 0 Å². The van der Waals surface area contributed by atoms with Gasteiger partial charge in [-0.2, -0.15) is 0 Å². The van der Waals surface area contributed by atoms with Crippen molar-refractivity contribution in [2.75, 3.05) is 44.6 Å². The molecule has 1 heterocycles. The summed E-state index contributed by atoms with van der Waals surface area (Å²) in [6.45, 7) is 6.21. The van der Waals surface area contributed by atoms with Crippen molar-refractivity contribution in [3.05, 3.63) is 71.8 Å². The van der Waals surface area contributed by atoms with E-state index < -0.39 is 5.97 Å². The molecule has 0 radical (unpaired) electrons. The topological polar surface area (TPSA) is 61.9 Å². The highest BCUT2D eigenvalue weighted by molar-refractivity contribution is 6.00. The van der Waals surface area contributed by atoms with Crippen molar-refractivity contribution >= 4 is 23.8 Å². The third-order valence-electron chi connectivity index (χ3n) is 5.25. The molecule has 2 aromatic rings. The van der Waals surface area contributed by atoms with E-state index >= 15 is 0 Å². The normalized spacial score (nSPS) is 14.5. The van der Waals surface area contributed by atoms with Gasteiger partial charge in [-0.25, -0.2) is 9.59 Å². The Balaban J connectivity index is 1.48. The first kappa shape index (κ1) is 22.6. The Morgan fingerprint density at radius 3 is 2.45 bits per heavy atom. The van der Waals surface area contributed by atoms with Crippen molar-refractivity contribution in [3.8, 4) is 0 Å². The standard InChI is InChI=1S/C25H31N3O3/c1-2-3-20-31-24(29)22-13-7-8-14-23(22)26-25(30)28-18-16-27(17-19-28)15-9-12-21-10-5-4-6-11-21/h4-14H,2-3,15-20H2,1H3,(H,26,30)/b12-9-. The summed E-state index contributed by atoms with van der Waals surface area (Å²) < 4.78 is 5.30. The van der Waals surface area contributed by atoms with Crippen LogP contribution in [0.5, 0.6) is 0 Å². The number of para-hydroxylation sites is 1. The quantitative estimate of drug-likeness (QED) is 0.503. The predicted octanol–water partition coefficient (Wildman–Crippen LogP) is 4.51. The van der Waals surface area contributed by atoms with E-state index in [1.54, 1.807) is 29.2 Å². The highest BCUT2D eigenvalue weighted by Crippen LogP contribution is 2.17. The first-order valence-corrected chi connectivity index (χ1v) is 10.9. The lowest BCUT2D eigenvalue weighted by Gasteiger charge is -2.34. The minimum atomic E-state index is -0.403. The van der Waals surface area contributed by atoms with Crippen LogP contribution in [0.2, 0.25) is 0 Å². The van der Waals surface area contributed by atoms with Crippen molar-refractivity contribution in [1.29, 1.82) is 0 Å². The summed E-state index contributed by atoms with van der Waals surface area (Å²) in [5.74, 6) is -0.403. The van der Waals surface area contributed by atoms with Crippen LogP contribution >= 0.6 is 0 Å². The molecule has 0 saturated carbocycles. The van der Waals surface area contributed by atoms with Gasteiger partial charge in [-0.15, -0.1) is 0 Å². The maximum absolute atomic E-state index is 12.7. The number of hydrogen-bond acceptors (Lipinski definition) is 4. The van der Waals surface area contributed by atoms with Crippen LogP contribution in [0.3, 0.4) is 0 Å². The fourth-order valence-electron chi connectivity index (χ4n) is 3.39. The summed E-state index contributed by atoms with van der Waals surface area (Å²) in [5.41, 5.74) is 2.06. The van der Waals surface area contributed by atoms with Crippen molar-refractivity contribution in [2.24, 2.45) is 0 Å². The van der Waals surface area contributed by atoms with E-state index in [4.69, 9.17) is 4.74 Å². The van der Waals surface area contributed by atoms with E-state index in [1.165, 1.54) is 5.56 Å². The van der Waals surface area contributed by atoms with Gasteiger partial charge in [0, 0.05) is 32.7 Å². The van der Waals surface area contributed by atoms with E-state index in [0.29, 0.717) is 30.9 Å². The summed E-state index contributed by atoms with van der Waals surface area (Å²) in [6, 6.07) is 17.0. The molecule has 6 nitrogen and oxygen atoms in total. The molecule has 1 fully saturated rings. The smallest absolute Gasteiger partial charge is 0.340 e. The molecule has 1 N–H and O–H groups in total. The van der Waals surface area contributed by atoms with Crippen molar-refractivity contribution in [3.63, 3.8) is 0 Å². The van der Waals surface area contributed by atoms with Gasteiger partial charge < -0.3 is 15.0 Å². The maximum Gasteiger partial charge on any atom is 0.340 e. The molecular formula is C25H31N3O3. The lowest BCUT2D eigenvalue weighted by molar-refractivity contribution is 0.0501. The van der Waals surface area contributed by atoms with Gasteiger partial charge in [-0.05, 0) is 24.1 Å². The van der Waals surface area contributed by atoms with Crippen molar-refractivity contribution in [2.45, 2.75) is 19.8 Å². The zero-order valence-corrected chi connectivity index (χ0v) is 18.1. The van der Waals surface area contributed by atoms with E-state index in [0.717, 1.165) is 32.5 Å². The Morgan fingerprint density at radius 1 is 1.00 bits per heavy atom. The molecule has 3 rings (SSSR count). The van der Waals surface area contributed by atoms with Crippen LogP contribution in [-0.2, 0) is 4.74 Å². The van der Waals surface area contributed by atoms with Gasteiger partial charge in [-0.1, -0.05) is 68.0 Å². The number of hydrogen-bond donors (Lipinski definition) is 1. The second kappa shape index (κ2) is 11.9. The molecule has 1 aliphatic heterocycles. The molecule has 0 atom stereocenters. The number of carbonyl (C=O) groups is 2. The SMILES string of the molecule is CCCCOC(=O)c1ccccc1NC(=O)N1CCN(C/C=C\c2ccccc2)CC1. The van der Waals surface area contributed by atoms with Gasteiger partial charge >= 0.3 is 12.0 Å². The number of ether oxygens (including phenoxy) is 1. The molecular weight excluding hydrogens is 390 g/mol. The molecule has 6 heteroatoms. The van der Waals surface area contributed by atoms with Crippen molar-refractivity contribution < 1.29 is 14.3 Å². The molecule has 0 spiro atoms. The number of unbranched alkanes of at least 4 members (excludes halogenated alkanes) is 1. The van der Waals surface area contributed by atoms with Crippen LogP contribution in [0.1, 0.15) is 35.7 Å². The molecule has 1 aliphatic rings. The number of amides is 2. The number of carbonyl (C=O) groups excluding carboxylic acids is 2. The minimum Gasteiger partial charge on any atom is -0.462 e. The fourth-order valence-corrected chi connectivity index (χ4v) is 3.39. The Kier molecular flexibility index (Phi) is 8.67. The molecule has 31 heavy (non-hydrogen) atoms. The summed E-state index contributed by atoms with van der Waals surface area (Å²) in [5, 5.41) is 2.88. The van der Waals surface area contributed by atoms with Gasteiger partial charge in [0.25, 0.3) is 0 Å². The highest BCUT2D eigenvalue weighted by Gasteiger charge is 2.22. The van der Waals surface area contributed by atoms with E-state index in [9.17, 15) is 9.59 Å². The van der Waals surface area contributed by atoms with Crippen LogP contribution in [0.25, 0.3) is 6.08 Å². The Labute approximate surface area is 184 Å². The monoisotopic (exact) mass is 421 g/mol. The molecule has 0 unspecified atom stereocenters. The number of rotatable bonds is 8. The van der Waals surface area contributed by atoms with Crippen molar-refractivity contribution in [1.82, 2.24) is 9.80 Å². The maximum atomic E-state index is 12.7. The predicted molar refractivity (Wildman–Crippen MR) is 124 cm³/mol. The second-order valence-corrected chi connectivity index (χ2v) is 7.57. The average Bonchev–Trinajstić information content (AvgIpc) is 2.80. The Morgan fingerprint density at radius 2 is 1.71 bits per heavy atom. The third-order valence-corrected chi connectivity index (χ3v) is 5.25. The van der Waals surface area contributed by atoms with Crippen LogP contribution in [0.15, 0.2) is 60.7 Å². The van der Waals surface area contributed by atoms with E-state index in [1.807, 2.05) is 25.1 Å². The molecule has 2 amide bonds. The summed E-state index contributed by atoms with van der Waals surface area (Å²) in [7, 11) is 0. The lowest BCUT2D eigenvalue weighted by atomic mass is 10.2. The lowest BCUT2D eigenvalue weighted by Crippen LogP contribution is -2.50. The molecule has 1 saturated heterocycles. The molecule has 0 aliphatic carbocycles. The fraction of sp³-hybridized carbons (Fsp3) is 0.360. The van der Waals surface area contributed by atoms with Gasteiger partial charge in [-0.3, -0.25) is 4.90 Å². The summed E-state index contributed by atoms with van der Waals surface area (Å²) in [6.07, 6.45) is 6.06. The van der Waals surface area contributed by atoms with Gasteiger partial charge in [0.05, 0.1) is 17.9 Å². The van der Waals surface area contributed by atoms with Crippen LogP contribution in [-0.4, -0.2) is 61.1 Å². The van der Waals surface area contributed by atoms with Gasteiger partial charge in [0.15, 0.2) is 0 Å². The Bertz CT molecular complexity index is 875. The molecule has 0 bridgehead atoms. The summed E-state index contributed by atoms with van der Waals surface area (Å²) in [4.78, 5) is 29.2. The zero-order chi connectivity index (χ0) is 21.9. The van der Waals surface area contributed by atoms with E-state index in [-0.39, 0.29) is 6.03 Å². The third kappa shape index (κ3) is 6.96. The Hall–Kier alpha value is -3.12. The number of esters is 1. The number of urea groups is 1. The number of piperazine rings is 1. The largest absolute Gasteiger partial charge is 0.462 e. The molecule has 164 valence electrons. The molecule has 2 aromatic carbocycles. The highest BCUT2D eigenvalue weighted by atomic mass is 16.5. The summed E-state index contributed by atoms with van der Waals surface area (Å²) >= 11 is 0. The van der Waals surface area contributed by atoms with E-state index in [2.05, 4.69) is 34.5 Å². The van der Waals surface area contributed by atoms with Gasteiger partial charge in [0.2, 0.25) is 0 Å². The molecule has 0 aromatic heterocycles.